The maximum Gasteiger partial charge on any atom is 0.247 e. The highest BCUT2D eigenvalue weighted by molar-refractivity contribution is 5.98. The van der Waals surface area contributed by atoms with Gasteiger partial charge in [0.1, 0.15) is 5.82 Å². The highest BCUT2D eigenvalue weighted by atomic mass is 28.2. The summed E-state index contributed by atoms with van der Waals surface area (Å²) in [5.41, 5.74) is 0.976. The minimum Gasteiger partial charge on any atom is -0.413 e. The molecule has 0 saturated carbocycles. The molecule has 1 aromatic rings. The largest absolute Gasteiger partial charge is 0.413 e. The van der Waals surface area contributed by atoms with E-state index in [-0.39, 0.29) is 11.4 Å². The van der Waals surface area contributed by atoms with Crippen LogP contribution in [0.5, 0.6) is 0 Å². The highest BCUT2D eigenvalue weighted by Crippen LogP contribution is 2.26. The van der Waals surface area contributed by atoms with E-state index >= 15 is 0 Å². The predicted octanol–water partition coefficient (Wildman–Crippen LogP) is 3.81. The van der Waals surface area contributed by atoms with Gasteiger partial charge in [0.05, 0.1) is 5.60 Å². The minimum absolute atomic E-state index is 0.0792. The van der Waals surface area contributed by atoms with Gasteiger partial charge < -0.3 is 4.43 Å². The number of hydrogen-bond acceptors (Lipinski definition) is 1. The van der Waals surface area contributed by atoms with Crippen LogP contribution in [0.1, 0.15) is 45.1 Å². The van der Waals surface area contributed by atoms with E-state index in [1.165, 1.54) is 6.07 Å². The van der Waals surface area contributed by atoms with Crippen LogP contribution in [0.2, 0.25) is 0 Å². The van der Waals surface area contributed by atoms with Gasteiger partial charge in [-0.25, -0.2) is 4.39 Å². The first-order valence-electron chi connectivity index (χ1n) is 6.25. The van der Waals surface area contributed by atoms with Gasteiger partial charge >= 0.3 is 0 Å². The van der Waals surface area contributed by atoms with Crippen molar-refractivity contribution in [2.45, 2.75) is 51.6 Å². The lowest BCUT2D eigenvalue weighted by molar-refractivity contribution is 0.0592. The Kier molecular flexibility index (Phi) is 5.85. The Morgan fingerprint density at radius 1 is 1.29 bits per heavy atom. The van der Waals surface area contributed by atoms with Crippen molar-refractivity contribution in [1.82, 2.24) is 0 Å². The van der Waals surface area contributed by atoms with Crippen molar-refractivity contribution in [2.75, 3.05) is 0 Å². The van der Waals surface area contributed by atoms with Crippen LogP contribution in [0, 0.1) is 5.82 Å². The average Bonchev–Trinajstić information content (AvgIpc) is 2.35. The van der Waals surface area contributed by atoms with E-state index in [1.807, 2.05) is 6.07 Å². The van der Waals surface area contributed by atoms with Crippen molar-refractivity contribution < 1.29 is 8.82 Å². The second-order valence-corrected chi connectivity index (χ2v) is 4.68. The maximum atomic E-state index is 13.0. The van der Waals surface area contributed by atoms with Gasteiger partial charge in [-0.15, -0.1) is 0 Å². The first-order valence-corrected chi connectivity index (χ1v) is 6.66. The lowest BCUT2D eigenvalue weighted by Gasteiger charge is -2.30. The second-order valence-electron chi connectivity index (χ2n) is 4.48. The molecule has 93 valence electrons. The molecule has 3 heteroatoms. The van der Waals surface area contributed by atoms with E-state index in [0.717, 1.165) is 37.7 Å². The smallest absolute Gasteiger partial charge is 0.247 e. The zero-order valence-electron chi connectivity index (χ0n) is 10.6. The number of aryl methyl sites for hydroxylation is 1. The molecule has 17 heavy (non-hydrogen) atoms. The van der Waals surface area contributed by atoms with Gasteiger partial charge in [0, 0.05) is 0 Å². The summed E-state index contributed by atoms with van der Waals surface area (Å²) in [7, 11) is 3.18. The molecule has 1 nitrogen and oxygen atoms in total. The normalized spacial score (nSPS) is 11.8. The molecule has 0 fully saturated rings. The molecule has 1 aromatic carbocycles. The Balaban J connectivity index is 2.46. The number of benzene rings is 1. The fourth-order valence-electron chi connectivity index (χ4n) is 2.11. The SMILES string of the molecule is CCC(CC)(CCCc1cccc(F)c1)O[Si]. The molecule has 3 radical (unpaired) electrons. The first-order chi connectivity index (χ1) is 8.15. The summed E-state index contributed by atoms with van der Waals surface area (Å²) >= 11 is 0. The maximum absolute atomic E-state index is 13.0. The van der Waals surface area contributed by atoms with Crippen molar-refractivity contribution in [1.29, 1.82) is 0 Å². The van der Waals surface area contributed by atoms with E-state index in [2.05, 4.69) is 24.3 Å². The van der Waals surface area contributed by atoms with Crippen molar-refractivity contribution in [3.63, 3.8) is 0 Å². The van der Waals surface area contributed by atoms with Gasteiger partial charge in [0.15, 0.2) is 0 Å². The van der Waals surface area contributed by atoms with Gasteiger partial charge in [0.2, 0.25) is 10.5 Å². The summed E-state index contributed by atoms with van der Waals surface area (Å²) in [5, 5.41) is 0. The predicted molar refractivity (Wildman–Crippen MR) is 69.5 cm³/mol. The molecule has 0 amide bonds. The summed E-state index contributed by atoms with van der Waals surface area (Å²) in [5.74, 6) is -0.156. The molecule has 0 spiro atoms. The van der Waals surface area contributed by atoms with Crippen molar-refractivity contribution in [3.8, 4) is 0 Å². The monoisotopic (exact) mass is 251 g/mol. The Morgan fingerprint density at radius 2 is 2.00 bits per heavy atom. The van der Waals surface area contributed by atoms with Crippen molar-refractivity contribution in [2.24, 2.45) is 0 Å². The van der Waals surface area contributed by atoms with Crippen LogP contribution in [0.3, 0.4) is 0 Å². The lowest BCUT2D eigenvalue weighted by Crippen LogP contribution is -2.30. The minimum atomic E-state index is -0.156. The molecule has 0 aliphatic carbocycles. The van der Waals surface area contributed by atoms with Crippen LogP contribution in [-0.2, 0) is 10.8 Å². The third-order valence-electron chi connectivity index (χ3n) is 3.49. The topological polar surface area (TPSA) is 9.23 Å². The fourth-order valence-corrected chi connectivity index (χ4v) is 2.50. The van der Waals surface area contributed by atoms with Crippen LogP contribution in [-0.4, -0.2) is 16.1 Å². The van der Waals surface area contributed by atoms with Crippen LogP contribution in [0.4, 0.5) is 4.39 Å². The summed E-state index contributed by atoms with van der Waals surface area (Å²) < 4.78 is 18.4. The molecular weight excluding hydrogens is 231 g/mol. The second kappa shape index (κ2) is 6.92. The molecule has 0 heterocycles. The molecule has 0 unspecified atom stereocenters. The van der Waals surface area contributed by atoms with Crippen LogP contribution >= 0.6 is 0 Å². The fraction of sp³-hybridized carbons (Fsp3) is 0.571. The van der Waals surface area contributed by atoms with Gasteiger partial charge in [0.25, 0.3) is 0 Å². The van der Waals surface area contributed by atoms with E-state index in [9.17, 15) is 4.39 Å². The number of rotatable bonds is 7. The van der Waals surface area contributed by atoms with Gasteiger partial charge in [-0.05, 0) is 49.8 Å². The molecule has 0 atom stereocenters. The Labute approximate surface area is 107 Å². The highest BCUT2D eigenvalue weighted by Gasteiger charge is 2.23. The average molecular weight is 251 g/mol. The molecule has 1 rings (SSSR count). The zero-order valence-corrected chi connectivity index (χ0v) is 11.6. The molecule has 0 saturated heterocycles. The van der Waals surface area contributed by atoms with Crippen LogP contribution in [0.25, 0.3) is 0 Å². The summed E-state index contributed by atoms with van der Waals surface area (Å²) in [6, 6.07) is 6.82. The van der Waals surface area contributed by atoms with E-state index in [4.69, 9.17) is 4.43 Å². The Bertz CT molecular complexity index is 328. The van der Waals surface area contributed by atoms with E-state index < -0.39 is 0 Å². The third kappa shape index (κ3) is 4.24. The van der Waals surface area contributed by atoms with Crippen molar-refractivity contribution >= 4 is 10.5 Å². The zero-order chi connectivity index (χ0) is 12.7. The Morgan fingerprint density at radius 3 is 2.53 bits per heavy atom. The van der Waals surface area contributed by atoms with Gasteiger partial charge in [-0.1, -0.05) is 26.0 Å². The molecule has 0 N–H and O–H groups in total. The van der Waals surface area contributed by atoms with Crippen LogP contribution < -0.4 is 0 Å². The van der Waals surface area contributed by atoms with E-state index in [0.29, 0.717) is 0 Å². The van der Waals surface area contributed by atoms with Crippen LogP contribution in [0.15, 0.2) is 24.3 Å². The molecule has 0 aromatic heterocycles. The van der Waals surface area contributed by atoms with Gasteiger partial charge in [-0.2, -0.15) is 0 Å². The summed E-state index contributed by atoms with van der Waals surface area (Å²) in [6.45, 7) is 4.26. The standard InChI is InChI=1S/C14H20FOSi/c1-3-14(4-2,16-17)10-6-8-12-7-5-9-13(15)11-12/h5,7,9,11H,3-4,6,8,10H2,1-2H3. The lowest BCUT2D eigenvalue weighted by atomic mass is 9.90. The first kappa shape index (κ1) is 14.4. The molecular formula is C14H20FOSi. The van der Waals surface area contributed by atoms with Crippen molar-refractivity contribution in [3.05, 3.63) is 35.6 Å². The summed E-state index contributed by atoms with van der Waals surface area (Å²) in [4.78, 5) is 0. The molecule has 0 aliphatic heterocycles. The number of hydrogen-bond donors (Lipinski definition) is 0. The van der Waals surface area contributed by atoms with Gasteiger partial charge in [-0.3, -0.25) is 0 Å². The Hall–Kier alpha value is -0.673. The quantitative estimate of drug-likeness (QED) is 0.670. The molecule has 0 bridgehead atoms. The third-order valence-corrected chi connectivity index (χ3v) is 3.93. The molecule has 0 aliphatic rings. The summed E-state index contributed by atoms with van der Waals surface area (Å²) in [6.07, 6.45) is 4.86. The van der Waals surface area contributed by atoms with E-state index in [1.54, 1.807) is 12.1 Å². The number of halogens is 1.